The van der Waals surface area contributed by atoms with Gasteiger partial charge in [-0.1, -0.05) is 137 Å². The fourth-order valence-electron chi connectivity index (χ4n) is 12.1. The van der Waals surface area contributed by atoms with Crippen molar-refractivity contribution in [1.82, 2.24) is 0 Å². The molecule has 0 aliphatic heterocycles. The molecule has 0 fully saturated rings. The third-order valence-corrected chi connectivity index (χ3v) is 15.6. The second-order valence-electron chi connectivity index (χ2n) is 20.3. The van der Waals surface area contributed by atoms with Gasteiger partial charge >= 0.3 is 0 Å². The van der Waals surface area contributed by atoms with Gasteiger partial charge in [0.1, 0.15) is 0 Å². The largest absolute Gasteiger partial charge is 0.310 e. The van der Waals surface area contributed by atoms with Gasteiger partial charge in [-0.05, 0) is 209 Å². The molecule has 0 heterocycles. The van der Waals surface area contributed by atoms with Gasteiger partial charge in [0.05, 0.1) is 28.7 Å². The number of hydrogen-bond donors (Lipinski definition) is 0. The molecule has 346 valence electrons. The number of nitriles is 2. The summed E-state index contributed by atoms with van der Waals surface area (Å²) in [7, 11) is 0. The van der Waals surface area contributed by atoms with E-state index in [-0.39, 0.29) is 0 Å². The topological polar surface area (TPSA) is 54.1 Å². The highest BCUT2D eigenvalue weighted by Gasteiger charge is 2.53. The fraction of sp³-hybridized carbons (Fsp3) is 0.101. The van der Waals surface area contributed by atoms with E-state index in [1.54, 1.807) is 0 Å². The molecule has 73 heavy (non-hydrogen) atoms. The highest BCUT2D eigenvalue weighted by atomic mass is 15.1. The van der Waals surface area contributed by atoms with Crippen molar-refractivity contribution in [2.75, 3.05) is 9.80 Å². The van der Waals surface area contributed by atoms with Gasteiger partial charge in [0.15, 0.2) is 0 Å². The first-order chi connectivity index (χ1) is 35.7. The average molecular weight is 935 g/mol. The molecule has 0 saturated carbocycles. The molecule has 0 N–H and O–H groups in total. The van der Waals surface area contributed by atoms with Crippen LogP contribution in [0.3, 0.4) is 0 Å². The Morgan fingerprint density at radius 1 is 0.356 bits per heavy atom. The van der Waals surface area contributed by atoms with E-state index in [0.29, 0.717) is 23.0 Å². The molecule has 0 radical (unpaired) electrons. The van der Waals surface area contributed by atoms with Crippen molar-refractivity contribution in [1.29, 1.82) is 10.5 Å². The molecule has 0 amide bonds. The Morgan fingerprint density at radius 3 is 1.33 bits per heavy atom. The second kappa shape index (κ2) is 17.0. The molecule has 0 aromatic heterocycles. The van der Waals surface area contributed by atoms with E-state index >= 15 is 0 Å². The van der Waals surface area contributed by atoms with E-state index in [1.807, 2.05) is 36.4 Å². The molecule has 0 atom stereocenters. The van der Waals surface area contributed by atoms with Crippen molar-refractivity contribution >= 4 is 66.4 Å². The van der Waals surface area contributed by atoms with E-state index in [1.165, 1.54) is 82.6 Å². The van der Waals surface area contributed by atoms with Crippen LogP contribution >= 0.6 is 0 Å². The van der Waals surface area contributed by atoms with Gasteiger partial charge in [0.2, 0.25) is 0 Å². The van der Waals surface area contributed by atoms with Crippen molar-refractivity contribution < 1.29 is 0 Å². The van der Waals surface area contributed by atoms with Crippen molar-refractivity contribution in [3.05, 3.63) is 263 Å². The molecule has 11 aromatic carbocycles. The predicted octanol–water partition coefficient (Wildman–Crippen LogP) is 18.4. The minimum atomic E-state index is -0.634. The van der Waals surface area contributed by atoms with Crippen LogP contribution in [-0.4, -0.2) is 0 Å². The molecule has 0 bridgehead atoms. The highest BCUT2D eigenvalue weighted by Crippen LogP contribution is 2.66. The van der Waals surface area contributed by atoms with Crippen LogP contribution in [0.1, 0.15) is 84.0 Å². The van der Waals surface area contributed by atoms with Crippen LogP contribution in [0, 0.1) is 22.7 Å². The first-order valence-electron chi connectivity index (χ1n) is 25.3. The molecule has 4 nitrogen and oxygen atoms in total. The van der Waals surface area contributed by atoms with Crippen molar-refractivity contribution in [2.24, 2.45) is 0 Å². The van der Waals surface area contributed by atoms with Crippen LogP contribution in [0.2, 0.25) is 0 Å². The number of rotatable bonds is 8. The molecular weight excluding hydrogens is 885 g/mol. The average Bonchev–Trinajstić information content (AvgIpc) is 3.90. The van der Waals surface area contributed by atoms with E-state index in [0.717, 1.165) is 39.5 Å². The predicted molar refractivity (Wildman–Crippen MR) is 302 cm³/mol. The molecular formula is C69H50N4. The molecule has 0 unspecified atom stereocenters. The summed E-state index contributed by atoms with van der Waals surface area (Å²) in [6, 6.07) is 84.3. The summed E-state index contributed by atoms with van der Waals surface area (Å²) in [5, 5.41) is 26.7. The van der Waals surface area contributed by atoms with Gasteiger partial charge in [0.25, 0.3) is 0 Å². The van der Waals surface area contributed by atoms with Crippen molar-refractivity contribution in [2.45, 2.75) is 44.9 Å². The molecule has 1 spiro atoms. The Balaban J connectivity index is 1.08. The van der Waals surface area contributed by atoms with Crippen LogP contribution in [-0.2, 0) is 5.41 Å². The molecule has 4 heteroatoms. The maximum absolute atomic E-state index is 9.79. The molecule has 2 aliphatic carbocycles. The number of fused-ring (bicyclic) bond motifs is 16. The van der Waals surface area contributed by atoms with Crippen molar-refractivity contribution in [3.8, 4) is 34.4 Å². The van der Waals surface area contributed by atoms with Crippen LogP contribution < -0.4 is 9.80 Å². The first kappa shape index (κ1) is 43.8. The Hall–Kier alpha value is -9.22. The third kappa shape index (κ3) is 6.72. The monoisotopic (exact) mass is 934 g/mol. The zero-order valence-corrected chi connectivity index (χ0v) is 41.2. The van der Waals surface area contributed by atoms with Gasteiger partial charge in [-0.3, -0.25) is 0 Å². The SMILES string of the molecule is CC(C)c1ccc(N(c2ccc(C#N)cc2)c2ccc3cc4c(cc3c2)C2(c3ccccc3-c3ccccc32)c2c-4c3ccccc3c3cc(N(c4ccc(C#N)cc4)c4ccc(C(C)C)cc4)ccc23)cc1. The quantitative estimate of drug-likeness (QED) is 0.142. The second-order valence-corrected chi connectivity index (χ2v) is 20.3. The number of benzene rings is 11. The van der Waals surface area contributed by atoms with Crippen LogP contribution in [0.25, 0.3) is 54.6 Å². The highest BCUT2D eigenvalue weighted by molar-refractivity contribution is 6.21. The Kier molecular flexibility index (Phi) is 10.2. The van der Waals surface area contributed by atoms with Crippen LogP contribution in [0.4, 0.5) is 34.1 Å². The Bertz CT molecular complexity index is 4050. The lowest BCUT2D eigenvalue weighted by atomic mass is 9.69. The Labute approximate surface area is 426 Å². The molecule has 2 aliphatic rings. The number of anilines is 6. The lowest BCUT2D eigenvalue weighted by Gasteiger charge is -2.32. The zero-order valence-electron chi connectivity index (χ0n) is 41.2. The smallest absolute Gasteiger partial charge is 0.0991 e. The minimum absolute atomic E-state index is 0.407. The van der Waals surface area contributed by atoms with E-state index < -0.39 is 5.41 Å². The maximum atomic E-state index is 9.79. The summed E-state index contributed by atoms with van der Waals surface area (Å²) in [6.07, 6.45) is 0. The van der Waals surface area contributed by atoms with Gasteiger partial charge in [0, 0.05) is 34.1 Å². The Morgan fingerprint density at radius 2 is 0.808 bits per heavy atom. The number of hydrogen-bond acceptors (Lipinski definition) is 4. The summed E-state index contributed by atoms with van der Waals surface area (Å²) >= 11 is 0. The van der Waals surface area contributed by atoms with E-state index in [9.17, 15) is 10.5 Å². The fourth-order valence-corrected chi connectivity index (χ4v) is 12.1. The van der Waals surface area contributed by atoms with E-state index in [2.05, 4.69) is 232 Å². The lowest BCUT2D eigenvalue weighted by Crippen LogP contribution is -2.26. The standard InChI is InChI=1S/C69H50N4/c1-43(2)47-21-30-53(31-22-47)72(51-26-17-45(41-70)18-27-51)55-34-25-49-38-63-66(39-50(49)37-55)69(64-15-9-7-12-58(64)59-13-8-10-16-65(59)69)68-61-36-35-56(40-62(61)57-11-5-6-14-60(57)67(63)68)73(52-28-19-46(42-71)20-29-52)54-32-23-48(24-33-54)44(3)4/h5-40,43-44H,1-4H3. The van der Waals surface area contributed by atoms with Crippen molar-refractivity contribution in [3.63, 3.8) is 0 Å². The normalized spacial score (nSPS) is 12.7. The van der Waals surface area contributed by atoms with Gasteiger partial charge in [-0.15, -0.1) is 0 Å². The maximum Gasteiger partial charge on any atom is 0.0991 e. The summed E-state index contributed by atoms with van der Waals surface area (Å²) in [5.74, 6) is 0.819. The summed E-state index contributed by atoms with van der Waals surface area (Å²) < 4.78 is 0. The van der Waals surface area contributed by atoms with Gasteiger partial charge < -0.3 is 9.80 Å². The summed E-state index contributed by atoms with van der Waals surface area (Å²) in [4.78, 5) is 4.63. The molecule has 0 saturated heterocycles. The zero-order chi connectivity index (χ0) is 49.5. The summed E-state index contributed by atoms with van der Waals surface area (Å²) in [5.41, 5.74) is 19.6. The van der Waals surface area contributed by atoms with Gasteiger partial charge in [-0.2, -0.15) is 10.5 Å². The van der Waals surface area contributed by atoms with Crippen LogP contribution in [0.15, 0.2) is 218 Å². The lowest BCUT2D eigenvalue weighted by molar-refractivity contribution is 0.803. The van der Waals surface area contributed by atoms with Crippen LogP contribution in [0.5, 0.6) is 0 Å². The first-order valence-corrected chi connectivity index (χ1v) is 25.3. The molecule has 11 aromatic rings. The molecule has 13 rings (SSSR count). The third-order valence-electron chi connectivity index (χ3n) is 15.6. The van der Waals surface area contributed by atoms with E-state index in [4.69, 9.17) is 0 Å². The summed E-state index contributed by atoms with van der Waals surface area (Å²) in [6.45, 7) is 8.91. The number of nitrogens with zero attached hydrogens (tertiary/aromatic N) is 4. The minimum Gasteiger partial charge on any atom is -0.310 e. The van der Waals surface area contributed by atoms with Gasteiger partial charge in [-0.25, -0.2) is 0 Å².